The summed E-state index contributed by atoms with van der Waals surface area (Å²) in [7, 11) is 0. The molecule has 4 aromatic heterocycles. The van der Waals surface area contributed by atoms with Gasteiger partial charge in [-0.25, -0.2) is 14.5 Å². The predicted octanol–water partition coefficient (Wildman–Crippen LogP) is 3.75. The van der Waals surface area contributed by atoms with Gasteiger partial charge in [0.2, 0.25) is 0 Å². The number of ether oxygens (including phenoxy) is 1. The van der Waals surface area contributed by atoms with Crippen molar-refractivity contribution in [2.75, 3.05) is 24.6 Å². The largest absolute Gasteiger partial charge is 0.492 e. The molecule has 0 radical (unpaired) electrons. The molecule has 196 valence electrons. The van der Waals surface area contributed by atoms with Crippen LogP contribution in [0.25, 0.3) is 16.8 Å². The average molecular weight is 541 g/mol. The summed E-state index contributed by atoms with van der Waals surface area (Å²) in [5, 5.41) is 17.5. The Bertz CT molecular complexity index is 1650. The molecule has 1 unspecified atom stereocenters. The van der Waals surface area contributed by atoms with E-state index in [1.807, 2.05) is 13.0 Å². The van der Waals surface area contributed by atoms with Crippen LogP contribution in [0.1, 0.15) is 35.8 Å². The molecule has 0 spiro atoms. The van der Waals surface area contributed by atoms with Crippen molar-refractivity contribution in [2.45, 2.75) is 25.3 Å². The van der Waals surface area contributed by atoms with E-state index in [0.29, 0.717) is 51.9 Å². The second-order valence-corrected chi connectivity index (χ2v) is 10.9. The van der Waals surface area contributed by atoms with Crippen molar-refractivity contribution in [3.8, 4) is 23.1 Å². The lowest BCUT2D eigenvalue weighted by Gasteiger charge is -2.21. The van der Waals surface area contributed by atoms with Gasteiger partial charge in [0.25, 0.3) is 5.91 Å². The molecule has 3 aliphatic rings. The molecule has 4 atom stereocenters. The SMILES string of the molecule is CCOc1cc(-c2cnc(N3C[C@@H]4C[C@]5(NC(=O)c6ncccc6Cl)CC5[C@@H]4C3)cn2)c2c(C#N)cnn2c1. The first-order valence-electron chi connectivity index (χ1n) is 13.0. The minimum atomic E-state index is -0.193. The molecule has 2 aliphatic carbocycles. The summed E-state index contributed by atoms with van der Waals surface area (Å²) in [5.74, 6) is 2.72. The zero-order valence-corrected chi connectivity index (χ0v) is 22.0. The second-order valence-electron chi connectivity index (χ2n) is 10.5. The van der Waals surface area contributed by atoms with Gasteiger partial charge in [-0.15, -0.1) is 0 Å². The lowest BCUT2D eigenvalue weighted by molar-refractivity contribution is 0.0923. The zero-order chi connectivity index (χ0) is 26.7. The van der Waals surface area contributed by atoms with Gasteiger partial charge in [0.1, 0.15) is 23.3 Å². The van der Waals surface area contributed by atoms with E-state index in [1.54, 1.807) is 47.6 Å². The number of nitrogens with one attached hydrogen (secondary N) is 1. The minimum absolute atomic E-state index is 0.143. The van der Waals surface area contributed by atoms with Crippen molar-refractivity contribution in [1.82, 2.24) is 29.9 Å². The van der Waals surface area contributed by atoms with Crippen LogP contribution in [-0.4, -0.2) is 55.7 Å². The van der Waals surface area contributed by atoms with Crippen LogP contribution in [0.3, 0.4) is 0 Å². The van der Waals surface area contributed by atoms with Gasteiger partial charge >= 0.3 is 0 Å². The molecular formula is C28H25ClN8O2. The fourth-order valence-corrected chi connectivity index (χ4v) is 6.84. The summed E-state index contributed by atoms with van der Waals surface area (Å²) in [4.78, 5) is 28.8. The quantitative estimate of drug-likeness (QED) is 0.392. The van der Waals surface area contributed by atoms with Gasteiger partial charge in [0.15, 0.2) is 0 Å². The Balaban J connectivity index is 1.07. The average Bonchev–Trinajstić information content (AvgIpc) is 3.23. The number of halogens is 1. The fraction of sp³-hybridized carbons (Fsp3) is 0.357. The van der Waals surface area contributed by atoms with E-state index in [1.165, 1.54) is 0 Å². The highest BCUT2D eigenvalue weighted by atomic mass is 35.5. The number of hydrogen-bond donors (Lipinski definition) is 1. The van der Waals surface area contributed by atoms with Crippen LogP contribution in [-0.2, 0) is 0 Å². The summed E-state index contributed by atoms with van der Waals surface area (Å²) in [6.45, 7) is 4.20. The lowest BCUT2D eigenvalue weighted by Crippen LogP contribution is -2.39. The molecule has 0 bridgehead atoms. The highest BCUT2D eigenvalue weighted by Crippen LogP contribution is 2.63. The first-order valence-corrected chi connectivity index (χ1v) is 13.4. The van der Waals surface area contributed by atoms with Crippen molar-refractivity contribution in [3.05, 3.63) is 65.5 Å². The van der Waals surface area contributed by atoms with Crippen LogP contribution < -0.4 is 15.0 Å². The fourth-order valence-electron chi connectivity index (χ4n) is 6.63. The van der Waals surface area contributed by atoms with Gasteiger partial charge < -0.3 is 15.0 Å². The maximum atomic E-state index is 12.9. The molecule has 7 rings (SSSR count). The third kappa shape index (κ3) is 3.88. The maximum absolute atomic E-state index is 12.9. The Morgan fingerprint density at radius 1 is 1.26 bits per heavy atom. The number of pyridine rings is 2. The normalized spacial score (nSPS) is 24.7. The summed E-state index contributed by atoms with van der Waals surface area (Å²) < 4.78 is 7.36. The third-order valence-electron chi connectivity index (χ3n) is 8.36. The first-order chi connectivity index (χ1) is 19.0. The molecule has 1 saturated heterocycles. The molecule has 1 aliphatic heterocycles. The number of carbonyl (C=O) groups is 1. The molecule has 5 heterocycles. The molecule has 3 fully saturated rings. The van der Waals surface area contributed by atoms with Crippen molar-refractivity contribution in [2.24, 2.45) is 17.8 Å². The number of fused-ring (bicyclic) bond motifs is 4. The number of hydrogen-bond acceptors (Lipinski definition) is 8. The Morgan fingerprint density at radius 3 is 2.90 bits per heavy atom. The van der Waals surface area contributed by atoms with Crippen LogP contribution in [0, 0.1) is 29.1 Å². The molecule has 1 amide bonds. The third-order valence-corrected chi connectivity index (χ3v) is 8.67. The van der Waals surface area contributed by atoms with Gasteiger partial charge in [-0.3, -0.25) is 9.78 Å². The number of nitrogens with zero attached hydrogens (tertiary/aromatic N) is 7. The second kappa shape index (κ2) is 8.92. The Morgan fingerprint density at radius 2 is 2.15 bits per heavy atom. The van der Waals surface area contributed by atoms with Gasteiger partial charge in [0.05, 0.1) is 53.2 Å². The number of carbonyl (C=O) groups excluding carboxylic acids is 1. The Kier molecular flexibility index (Phi) is 5.45. The van der Waals surface area contributed by atoms with Crippen LogP contribution in [0.5, 0.6) is 5.75 Å². The van der Waals surface area contributed by atoms with E-state index < -0.39 is 0 Å². The summed E-state index contributed by atoms with van der Waals surface area (Å²) in [6.07, 6.45) is 10.4. The molecular weight excluding hydrogens is 516 g/mol. The standard InChI is InChI=1S/C28H25ClN8O2/c1-2-39-18-6-19(26-17(9-30)10-34-37(26)14-18)23-11-33-24(12-32-23)36-13-16-7-28(8-21(28)20(16)15-36)35-27(38)25-22(29)4-3-5-31-25/h3-6,10-12,14,16,20-21H,2,7-8,13,15H2,1H3,(H,35,38)/t16-,20+,21?,28-/m0/s1. The van der Waals surface area contributed by atoms with Crippen molar-refractivity contribution >= 4 is 28.8 Å². The molecule has 39 heavy (non-hydrogen) atoms. The molecule has 2 saturated carbocycles. The summed E-state index contributed by atoms with van der Waals surface area (Å²) >= 11 is 6.19. The summed E-state index contributed by atoms with van der Waals surface area (Å²) in [6, 6.07) is 7.50. The van der Waals surface area contributed by atoms with Gasteiger partial charge in [-0.05, 0) is 55.7 Å². The lowest BCUT2D eigenvalue weighted by atomic mass is 9.95. The zero-order valence-electron chi connectivity index (χ0n) is 21.2. The van der Waals surface area contributed by atoms with Crippen LogP contribution in [0.15, 0.2) is 49.2 Å². The molecule has 10 nitrogen and oxygen atoms in total. The van der Waals surface area contributed by atoms with Crippen LogP contribution in [0.2, 0.25) is 5.02 Å². The maximum Gasteiger partial charge on any atom is 0.271 e. The van der Waals surface area contributed by atoms with Gasteiger partial charge in [-0.1, -0.05) is 11.6 Å². The predicted molar refractivity (Wildman–Crippen MR) is 143 cm³/mol. The molecule has 4 aromatic rings. The summed E-state index contributed by atoms with van der Waals surface area (Å²) in [5.41, 5.74) is 2.69. The van der Waals surface area contributed by atoms with E-state index in [0.717, 1.165) is 37.3 Å². The number of rotatable bonds is 6. The number of anilines is 1. The number of amides is 1. The van der Waals surface area contributed by atoms with E-state index in [9.17, 15) is 10.1 Å². The Hall–Kier alpha value is -4.23. The van der Waals surface area contributed by atoms with E-state index in [4.69, 9.17) is 26.3 Å². The van der Waals surface area contributed by atoms with Crippen molar-refractivity contribution in [3.63, 3.8) is 0 Å². The van der Waals surface area contributed by atoms with Gasteiger partial charge in [0, 0.05) is 30.4 Å². The molecule has 1 N–H and O–H groups in total. The van der Waals surface area contributed by atoms with E-state index in [-0.39, 0.29) is 17.1 Å². The van der Waals surface area contributed by atoms with Crippen molar-refractivity contribution in [1.29, 1.82) is 5.26 Å². The van der Waals surface area contributed by atoms with E-state index >= 15 is 0 Å². The number of nitriles is 1. The number of aromatic nitrogens is 5. The molecule has 11 heteroatoms. The molecule has 0 aromatic carbocycles. The Labute approximate surface area is 229 Å². The van der Waals surface area contributed by atoms with Crippen molar-refractivity contribution < 1.29 is 9.53 Å². The smallest absolute Gasteiger partial charge is 0.271 e. The van der Waals surface area contributed by atoms with E-state index in [2.05, 4.69) is 26.4 Å². The topological polar surface area (TPSA) is 121 Å². The minimum Gasteiger partial charge on any atom is -0.492 e. The highest BCUT2D eigenvalue weighted by molar-refractivity contribution is 6.33. The van der Waals surface area contributed by atoms with Crippen LogP contribution >= 0.6 is 11.6 Å². The highest BCUT2D eigenvalue weighted by Gasteiger charge is 2.67. The van der Waals surface area contributed by atoms with Crippen LogP contribution in [0.4, 0.5) is 5.82 Å². The monoisotopic (exact) mass is 540 g/mol. The van der Waals surface area contributed by atoms with Gasteiger partial charge in [-0.2, -0.15) is 10.4 Å². The first kappa shape index (κ1) is 23.9.